The highest BCUT2D eigenvalue weighted by atomic mass is 35.5. The van der Waals surface area contributed by atoms with E-state index in [1.54, 1.807) is 0 Å². The molecule has 2 aliphatic rings. The van der Waals surface area contributed by atoms with Crippen LogP contribution in [-0.4, -0.2) is 31.7 Å². The number of carbonyl (C=O) groups excluding carboxylic acids is 1. The number of benzene rings is 1. The average molecular weight is 325 g/mol. The molecular weight excluding hydrogens is 300 g/mol. The van der Waals surface area contributed by atoms with Crippen LogP contribution in [0.2, 0.25) is 0 Å². The van der Waals surface area contributed by atoms with Crippen LogP contribution in [0.25, 0.3) is 0 Å². The second-order valence-electron chi connectivity index (χ2n) is 6.17. The van der Waals surface area contributed by atoms with Crippen molar-refractivity contribution in [3.63, 3.8) is 0 Å². The van der Waals surface area contributed by atoms with E-state index in [4.69, 9.17) is 4.74 Å². The summed E-state index contributed by atoms with van der Waals surface area (Å²) in [6.07, 6.45) is 2.92. The molecule has 0 radical (unpaired) electrons. The summed E-state index contributed by atoms with van der Waals surface area (Å²) >= 11 is 0. The van der Waals surface area contributed by atoms with Crippen molar-refractivity contribution in [1.82, 2.24) is 10.6 Å². The fourth-order valence-electron chi connectivity index (χ4n) is 3.02. The van der Waals surface area contributed by atoms with Crippen molar-refractivity contribution < 1.29 is 9.53 Å². The molecule has 2 atom stereocenters. The van der Waals surface area contributed by atoms with E-state index >= 15 is 0 Å². The van der Waals surface area contributed by atoms with Gasteiger partial charge in [-0.15, -0.1) is 12.4 Å². The van der Waals surface area contributed by atoms with Gasteiger partial charge in [0, 0.05) is 19.0 Å². The van der Waals surface area contributed by atoms with Crippen LogP contribution >= 0.6 is 12.4 Å². The van der Waals surface area contributed by atoms with Crippen molar-refractivity contribution >= 4 is 18.3 Å². The first kappa shape index (κ1) is 17.3. The number of ether oxygens (including phenoxy) is 1. The molecule has 1 saturated heterocycles. The lowest BCUT2D eigenvalue weighted by molar-refractivity contribution is -0.123. The van der Waals surface area contributed by atoms with E-state index in [0.29, 0.717) is 18.9 Å². The normalized spacial score (nSPS) is 22.5. The number of morpholine rings is 1. The van der Waals surface area contributed by atoms with E-state index < -0.39 is 0 Å². The topological polar surface area (TPSA) is 50.4 Å². The summed E-state index contributed by atoms with van der Waals surface area (Å²) in [5, 5.41) is 6.58. The second-order valence-corrected chi connectivity index (χ2v) is 6.17. The maximum Gasteiger partial charge on any atom is 0.222 e. The Kier molecular flexibility index (Phi) is 6.24. The molecule has 0 aromatic heterocycles. The molecular formula is C17H25ClN2O2. The van der Waals surface area contributed by atoms with Crippen LogP contribution in [0.15, 0.2) is 24.3 Å². The average Bonchev–Trinajstić information content (AvgIpc) is 3.31. The number of rotatable bonds is 5. The van der Waals surface area contributed by atoms with Crippen LogP contribution in [-0.2, 0) is 9.53 Å². The van der Waals surface area contributed by atoms with Crippen molar-refractivity contribution in [1.29, 1.82) is 0 Å². The SMILES string of the molecule is Cc1ccccc1C(NC(=O)CC1COCCN1)C1CC1.Cl. The van der Waals surface area contributed by atoms with Gasteiger partial charge in [-0.05, 0) is 36.8 Å². The van der Waals surface area contributed by atoms with E-state index in [1.807, 2.05) is 6.07 Å². The van der Waals surface area contributed by atoms with Crippen molar-refractivity contribution in [2.45, 2.75) is 38.3 Å². The van der Waals surface area contributed by atoms with Crippen LogP contribution in [0.1, 0.15) is 36.4 Å². The number of nitrogens with one attached hydrogen (secondary N) is 2. The first-order valence-electron chi connectivity index (χ1n) is 7.90. The Labute approximate surface area is 138 Å². The van der Waals surface area contributed by atoms with Crippen molar-refractivity contribution in [2.24, 2.45) is 5.92 Å². The Bertz CT molecular complexity index is 499. The molecule has 0 bridgehead atoms. The monoisotopic (exact) mass is 324 g/mol. The lowest BCUT2D eigenvalue weighted by Gasteiger charge is -2.25. The number of aryl methyl sites for hydroxylation is 1. The molecule has 2 fully saturated rings. The Balaban J connectivity index is 0.00000176. The van der Waals surface area contributed by atoms with Gasteiger partial charge in [0.05, 0.1) is 19.3 Å². The highest BCUT2D eigenvalue weighted by molar-refractivity contribution is 5.85. The quantitative estimate of drug-likeness (QED) is 0.874. The Morgan fingerprint density at radius 2 is 2.18 bits per heavy atom. The summed E-state index contributed by atoms with van der Waals surface area (Å²) in [6.45, 7) is 4.33. The molecule has 1 amide bonds. The fraction of sp³-hybridized carbons (Fsp3) is 0.588. The van der Waals surface area contributed by atoms with Gasteiger partial charge < -0.3 is 15.4 Å². The lowest BCUT2D eigenvalue weighted by atomic mass is 9.97. The molecule has 2 unspecified atom stereocenters. The molecule has 1 aliphatic carbocycles. The van der Waals surface area contributed by atoms with Gasteiger partial charge in [0.1, 0.15) is 0 Å². The Hall–Kier alpha value is -1.10. The summed E-state index contributed by atoms with van der Waals surface area (Å²) in [7, 11) is 0. The minimum atomic E-state index is 0. The molecule has 4 nitrogen and oxygen atoms in total. The summed E-state index contributed by atoms with van der Waals surface area (Å²) in [5.74, 6) is 0.726. The Morgan fingerprint density at radius 3 is 2.82 bits per heavy atom. The van der Waals surface area contributed by atoms with Crippen LogP contribution < -0.4 is 10.6 Å². The molecule has 1 aromatic carbocycles. The first-order chi connectivity index (χ1) is 10.2. The van der Waals surface area contributed by atoms with Crippen LogP contribution in [0, 0.1) is 12.8 Å². The molecule has 0 spiro atoms. The van der Waals surface area contributed by atoms with Crippen LogP contribution in [0.3, 0.4) is 0 Å². The van der Waals surface area contributed by atoms with Crippen LogP contribution in [0.5, 0.6) is 0 Å². The highest BCUT2D eigenvalue weighted by Gasteiger charge is 2.34. The largest absolute Gasteiger partial charge is 0.378 e. The van der Waals surface area contributed by atoms with Gasteiger partial charge in [-0.25, -0.2) is 0 Å². The zero-order chi connectivity index (χ0) is 14.7. The predicted molar refractivity (Wildman–Crippen MR) is 89.3 cm³/mol. The van der Waals surface area contributed by atoms with Gasteiger partial charge in [0.15, 0.2) is 0 Å². The molecule has 2 N–H and O–H groups in total. The minimum Gasteiger partial charge on any atom is -0.378 e. The van der Waals surface area contributed by atoms with Gasteiger partial charge in [-0.2, -0.15) is 0 Å². The zero-order valence-corrected chi connectivity index (χ0v) is 13.8. The van der Waals surface area contributed by atoms with Gasteiger partial charge in [-0.1, -0.05) is 24.3 Å². The molecule has 3 rings (SSSR count). The van der Waals surface area contributed by atoms with E-state index in [1.165, 1.54) is 24.0 Å². The summed E-state index contributed by atoms with van der Waals surface area (Å²) in [5.41, 5.74) is 2.52. The van der Waals surface area contributed by atoms with Crippen molar-refractivity contribution in [2.75, 3.05) is 19.8 Å². The Morgan fingerprint density at radius 1 is 1.41 bits per heavy atom. The van der Waals surface area contributed by atoms with Crippen LogP contribution in [0.4, 0.5) is 0 Å². The third kappa shape index (κ3) is 4.45. The molecule has 22 heavy (non-hydrogen) atoms. The summed E-state index contributed by atoms with van der Waals surface area (Å²) in [6, 6.07) is 8.68. The second kappa shape index (κ2) is 7.95. The van der Waals surface area contributed by atoms with E-state index in [-0.39, 0.29) is 30.4 Å². The smallest absolute Gasteiger partial charge is 0.222 e. The highest BCUT2D eigenvalue weighted by Crippen LogP contribution is 2.41. The predicted octanol–water partition coefficient (Wildman–Crippen LogP) is 2.36. The number of hydrogen-bond donors (Lipinski definition) is 2. The third-order valence-corrected chi connectivity index (χ3v) is 4.36. The first-order valence-corrected chi connectivity index (χ1v) is 7.90. The van der Waals surface area contributed by atoms with E-state index in [2.05, 4.69) is 35.8 Å². The molecule has 1 aliphatic heterocycles. The summed E-state index contributed by atoms with van der Waals surface area (Å²) < 4.78 is 5.41. The number of carbonyl (C=O) groups is 1. The van der Waals surface area contributed by atoms with Crippen molar-refractivity contribution in [3.05, 3.63) is 35.4 Å². The number of amides is 1. The lowest BCUT2D eigenvalue weighted by Crippen LogP contribution is -2.44. The van der Waals surface area contributed by atoms with Gasteiger partial charge in [0.25, 0.3) is 0 Å². The molecule has 1 heterocycles. The molecule has 1 aromatic rings. The number of halogens is 1. The van der Waals surface area contributed by atoms with E-state index in [0.717, 1.165) is 13.2 Å². The van der Waals surface area contributed by atoms with Crippen molar-refractivity contribution in [3.8, 4) is 0 Å². The van der Waals surface area contributed by atoms with Gasteiger partial charge in [0.2, 0.25) is 5.91 Å². The standard InChI is InChI=1S/C17H24N2O2.ClH/c1-12-4-2-3-5-15(12)17(13-6-7-13)19-16(20)10-14-11-21-9-8-18-14;/h2-5,13-14,17-18H,6-11H2,1H3,(H,19,20);1H. The molecule has 1 saturated carbocycles. The maximum absolute atomic E-state index is 12.3. The molecule has 122 valence electrons. The third-order valence-electron chi connectivity index (χ3n) is 4.36. The minimum absolute atomic E-state index is 0. The van der Waals surface area contributed by atoms with E-state index in [9.17, 15) is 4.79 Å². The summed E-state index contributed by atoms with van der Waals surface area (Å²) in [4.78, 5) is 12.3. The van der Waals surface area contributed by atoms with Gasteiger partial charge in [-0.3, -0.25) is 4.79 Å². The number of hydrogen-bond acceptors (Lipinski definition) is 3. The fourth-order valence-corrected chi connectivity index (χ4v) is 3.02. The van der Waals surface area contributed by atoms with Gasteiger partial charge >= 0.3 is 0 Å². The maximum atomic E-state index is 12.3. The molecule has 5 heteroatoms. The zero-order valence-electron chi connectivity index (χ0n) is 13.0.